The van der Waals surface area contributed by atoms with Crippen LogP contribution in [0.5, 0.6) is 0 Å². The van der Waals surface area contributed by atoms with Crippen LogP contribution < -0.4 is 4.90 Å². The molecule has 4 rings (SSSR count). The number of hydrogen-bond acceptors (Lipinski definition) is 5. The molecule has 1 aliphatic heterocycles. The van der Waals surface area contributed by atoms with E-state index in [2.05, 4.69) is 23.1 Å². The largest absolute Gasteiger partial charge is 0.338 e. The third kappa shape index (κ3) is 3.24. The topological polar surface area (TPSA) is 59.2 Å². The minimum atomic E-state index is 0.0477. The molecule has 0 saturated heterocycles. The van der Waals surface area contributed by atoms with Gasteiger partial charge >= 0.3 is 0 Å². The van der Waals surface area contributed by atoms with Crippen molar-refractivity contribution in [3.8, 4) is 0 Å². The minimum Gasteiger partial charge on any atom is -0.338 e. The van der Waals surface area contributed by atoms with Crippen LogP contribution in [0, 0.1) is 6.92 Å². The summed E-state index contributed by atoms with van der Waals surface area (Å²) in [6.07, 6.45) is 0.902. The molecule has 0 N–H and O–H groups in total. The number of nitrogens with zero attached hydrogens (tertiary/aromatic N) is 3. The zero-order valence-electron chi connectivity index (χ0n) is 14.7. The zero-order valence-corrected chi connectivity index (χ0v) is 15.5. The fourth-order valence-electron chi connectivity index (χ4n) is 3.25. The normalized spacial score (nSPS) is 15.9. The van der Waals surface area contributed by atoms with Crippen LogP contribution in [0.25, 0.3) is 0 Å². The summed E-state index contributed by atoms with van der Waals surface area (Å²) in [5.41, 5.74) is 2.96. The molecule has 0 saturated carbocycles. The van der Waals surface area contributed by atoms with Gasteiger partial charge in [0.2, 0.25) is 5.89 Å². The lowest BCUT2D eigenvalue weighted by Crippen LogP contribution is -2.35. The molecule has 2 aromatic carbocycles. The van der Waals surface area contributed by atoms with Crippen molar-refractivity contribution in [2.45, 2.75) is 37.0 Å². The van der Waals surface area contributed by atoms with Gasteiger partial charge in [0.15, 0.2) is 5.82 Å². The van der Waals surface area contributed by atoms with Gasteiger partial charge in [0, 0.05) is 22.2 Å². The Labute approximate surface area is 156 Å². The quantitative estimate of drug-likeness (QED) is 0.647. The van der Waals surface area contributed by atoms with E-state index in [1.165, 1.54) is 5.56 Å². The van der Waals surface area contributed by atoms with Gasteiger partial charge in [0.05, 0.1) is 5.75 Å². The lowest BCUT2D eigenvalue weighted by molar-refractivity contribution is 0.0981. The van der Waals surface area contributed by atoms with E-state index in [4.69, 9.17) is 4.52 Å². The van der Waals surface area contributed by atoms with Crippen LogP contribution in [0.15, 0.2) is 57.9 Å². The number of carbonyl (C=O) groups excluding carboxylic acids is 1. The maximum Gasteiger partial charge on any atom is 0.258 e. The van der Waals surface area contributed by atoms with Gasteiger partial charge in [0.1, 0.15) is 0 Å². The maximum atomic E-state index is 13.0. The van der Waals surface area contributed by atoms with Gasteiger partial charge in [-0.05, 0) is 56.2 Å². The van der Waals surface area contributed by atoms with Crippen molar-refractivity contribution in [2.24, 2.45) is 0 Å². The summed E-state index contributed by atoms with van der Waals surface area (Å²) < 4.78 is 5.12. The second-order valence-corrected chi connectivity index (χ2v) is 7.45. The Balaban J connectivity index is 1.47. The standard InChI is InChI=1S/C20H19N3O2S/c1-13-11-16-5-3-4-6-18(16)23(13)20(24)15-7-9-17(10-8-15)26-12-19-21-14(2)22-25-19/h3-10,13H,11-12H2,1-2H3/t13-/m1/s1. The Morgan fingerprint density at radius 3 is 2.73 bits per heavy atom. The van der Waals surface area contributed by atoms with Crippen molar-refractivity contribution in [1.29, 1.82) is 0 Å². The highest BCUT2D eigenvalue weighted by Crippen LogP contribution is 2.33. The highest BCUT2D eigenvalue weighted by atomic mass is 32.2. The number of aromatic nitrogens is 2. The highest BCUT2D eigenvalue weighted by Gasteiger charge is 2.31. The van der Waals surface area contributed by atoms with E-state index in [9.17, 15) is 4.79 Å². The molecular formula is C20H19N3O2S. The number of amides is 1. The molecule has 0 aliphatic carbocycles. The molecule has 3 aromatic rings. The Morgan fingerprint density at radius 2 is 2.00 bits per heavy atom. The van der Waals surface area contributed by atoms with Gasteiger partial charge in [0.25, 0.3) is 5.91 Å². The summed E-state index contributed by atoms with van der Waals surface area (Å²) in [7, 11) is 0. The molecule has 1 amide bonds. The van der Waals surface area contributed by atoms with Crippen LogP contribution in [0.4, 0.5) is 5.69 Å². The monoisotopic (exact) mass is 365 g/mol. The second-order valence-electron chi connectivity index (χ2n) is 6.41. The van der Waals surface area contributed by atoms with Crippen LogP contribution in [-0.4, -0.2) is 22.1 Å². The van der Waals surface area contributed by atoms with Gasteiger partial charge < -0.3 is 9.42 Å². The molecular weight excluding hydrogens is 346 g/mol. The summed E-state index contributed by atoms with van der Waals surface area (Å²) in [6.45, 7) is 3.89. The van der Waals surface area contributed by atoms with Crippen molar-refractivity contribution < 1.29 is 9.32 Å². The van der Waals surface area contributed by atoms with Crippen molar-refractivity contribution >= 4 is 23.4 Å². The summed E-state index contributed by atoms with van der Waals surface area (Å²) in [4.78, 5) is 20.2. The number of para-hydroxylation sites is 1. The second kappa shape index (κ2) is 6.96. The maximum absolute atomic E-state index is 13.0. The number of aryl methyl sites for hydroxylation is 1. The first-order valence-electron chi connectivity index (χ1n) is 8.55. The van der Waals surface area contributed by atoms with E-state index in [0.717, 1.165) is 17.0 Å². The molecule has 1 aliphatic rings. The third-order valence-electron chi connectivity index (χ3n) is 4.46. The number of thioether (sulfide) groups is 1. The average molecular weight is 365 g/mol. The Morgan fingerprint density at radius 1 is 1.23 bits per heavy atom. The molecule has 26 heavy (non-hydrogen) atoms. The summed E-state index contributed by atoms with van der Waals surface area (Å²) in [5.74, 6) is 1.91. The van der Waals surface area contributed by atoms with Gasteiger partial charge in [-0.2, -0.15) is 4.98 Å². The zero-order chi connectivity index (χ0) is 18.1. The Bertz CT molecular complexity index is 936. The van der Waals surface area contributed by atoms with E-state index >= 15 is 0 Å². The van der Waals surface area contributed by atoms with Crippen LogP contribution in [0.2, 0.25) is 0 Å². The van der Waals surface area contributed by atoms with Gasteiger partial charge in [-0.15, -0.1) is 11.8 Å². The SMILES string of the molecule is Cc1noc(CSc2ccc(C(=O)N3c4ccccc4C[C@H]3C)cc2)n1. The van der Waals surface area contributed by atoms with Crippen molar-refractivity contribution in [1.82, 2.24) is 10.1 Å². The predicted octanol–water partition coefficient (Wildman–Crippen LogP) is 4.26. The number of hydrogen-bond donors (Lipinski definition) is 0. The number of fused-ring (bicyclic) bond motifs is 1. The molecule has 1 atom stereocenters. The predicted molar refractivity (Wildman–Crippen MR) is 101 cm³/mol. The number of anilines is 1. The van der Waals surface area contributed by atoms with Crippen LogP contribution in [0.1, 0.15) is 34.6 Å². The minimum absolute atomic E-state index is 0.0477. The first-order valence-corrected chi connectivity index (χ1v) is 9.54. The van der Waals surface area contributed by atoms with Crippen molar-refractivity contribution in [3.05, 3.63) is 71.4 Å². The molecule has 1 aromatic heterocycles. The van der Waals surface area contributed by atoms with E-state index in [1.54, 1.807) is 18.7 Å². The summed E-state index contributed by atoms with van der Waals surface area (Å²) in [6, 6.07) is 16.0. The first kappa shape index (κ1) is 16.8. The molecule has 0 radical (unpaired) electrons. The molecule has 0 spiro atoms. The van der Waals surface area contributed by atoms with E-state index in [1.807, 2.05) is 47.4 Å². The summed E-state index contributed by atoms with van der Waals surface area (Å²) in [5, 5.41) is 3.79. The van der Waals surface area contributed by atoms with Crippen LogP contribution in [0.3, 0.4) is 0 Å². The molecule has 6 heteroatoms. The van der Waals surface area contributed by atoms with E-state index in [-0.39, 0.29) is 11.9 Å². The molecule has 132 valence electrons. The van der Waals surface area contributed by atoms with E-state index in [0.29, 0.717) is 23.0 Å². The third-order valence-corrected chi connectivity index (χ3v) is 5.46. The molecule has 0 bridgehead atoms. The lowest BCUT2D eigenvalue weighted by Gasteiger charge is -2.22. The van der Waals surface area contributed by atoms with Gasteiger partial charge in [-0.1, -0.05) is 23.4 Å². The van der Waals surface area contributed by atoms with Crippen molar-refractivity contribution in [3.63, 3.8) is 0 Å². The molecule has 5 nitrogen and oxygen atoms in total. The van der Waals surface area contributed by atoms with Crippen LogP contribution in [-0.2, 0) is 12.2 Å². The van der Waals surface area contributed by atoms with Gasteiger partial charge in [-0.25, -0.2) is 0 Å². The Hall–Kier alpha value is -2.60. The Kier molecular flexibility index (Phi) is 4.51. The van der Waals surface area contributed by atoms with E-state index < -0.39 is 0 Å². The number of rotatable bonds is 4. The van der Waals surface area contributed by atoms with Crippen molar-refractivity contribution in [2.75, 3.05) is 4.90 Å². The molecule has 0 fully saturated rings. The highest BCUT2D eigenvalue weighted by molar-refractivity contribution is 7.98. The fraction of sp³-hybridized carbons (Fsp3) is 0.250. The smallest absolute Gasteiger partial charge is 0.258 e. The average Bonchev–Trinajstić information content (AvgIpc) is 3.22. The number of benzene rings is 2. The lowest BCUT2D eigenvalue weighted by atomic mass is 10.1. The first-order chi connectivity index (χ1) is 12.6. The molecule has 0 unspecified atom stereocenters. The molecule has 2 heterocycles. The number of carbonyl (C=O) groups is 1. The van der Waals surface area contributed by atoms with Crippen LogP contribution >= 0.6 is 11.8 Å². The van der Waals surface area contributed by atoms with Gasteiger partial charge in [-0.3, -0.25) is 4.79 Å². The summed E-state index contributed by atoms with van der Waals surface area (Å²) >= 11 is 1.61. The fourth-order valence-corrected chi connectivity index (χ4v) is 3.99.